The minimum atomic E-state index is 0.0549. The first-order valence-electron chi connectivity index (χ1n) is 4.17. The van der Waals surface area contributed by atoms with Gasteiger partial charge in [-0.1, -0.05) is 0 Å². The van der Waals surface area contributed by atoms with Crippen molar-refractivity contribution in [3.05, 3.63) is 18.2 Å². The molecule has 0 bridgehead atoms. The van der Waals surface area contributed by atoms with Gasteiger partial charge < -0.3 is 14.6 Å². The summed E-state index contributed by atoms with van der Waals surface area (Å²) in [7, 11) is 1.55. The van der Waals surface area contributed by atoms with Crippen LogP contribution in [-0.2, 0) is 0 Å². The molecule has 72 valence electrons. The lowest BCUT2D eigenvalue weighted by Crippen LogP contribution is -2.05. The second-order valence-corrected chi connectivity index (χ2v) is 3.00. The van der Waals surface area contributed by atoms with Gasteiger partial charge in [0.05, 0.1) is 13.2 Å². The summed E-state index contributed by atoms with van der Waals surface area (Å²) in [6.07, 6.45) is 0.0549. The zero-order chi connectivity index (χ0) is 9.84. The molecule has 3 heteroatoms. The van der Waals surface area contributed by atoms with E-state index in [-0.39, 0.29) is 11.9 Å². The Kier molecular flexibility index (Phi) is 3.01. The molecule has 0 amide bonds. The predicted octanol–water partition coefficient (Wildman–Crippen LogP) is 2.19. The van der Waals surface area contributed by atoms with Crippen LogP contribution in [0.3, 0.4) is 0 Å². The summed E-state index contributed by atoms with van der Waals surface area (Å²) in [6, 6.07) is 4.96. The lowest BCUT2D eigenvalue weighted by atomic mass is 10.3. The monoisotopic (exact) mass is 182 g/mol. The van der Waals surface area contributed by atoms with Crippen LogP contribution in [0.15, 0.2) is 18.2 Å². The van der Waals surface area contributed by atoms with Crippen LogP contribution in [0.1, 0.15) is 13.8 Å². The maximum absolute atomic E-state index is 9.47. The van der Waals surface area contributed by atoms with Gasteiger partial charge >= 0.3 is 0 Å². The Bertz CT molecular complexity index is 281. The minimum absolute atomic E-state index is 0.0549. The minimum Gasteiger partial charge on any atom is -0.504 e. The molecule has 0 spiro atoms. The van der Waals surface area contributed by atoms with Crippen LogP contribution in [-0.4, -0.2) is 18.3 Å². The SMILES string of the molecule is COc1ccc(OC(C)C)c(O)c1. The molecular formula is C10H14O3. The van der Waals surface area contributed by atoms with E-state index < -0.39 is 0 Å². The Morgan fingerprint density at radius 3 is 2.46 bits per heavy atom. The fourth-order valence-electron chi connectivity index (χ4n) is 0.978. The summed E-state index contributed by atoms with van der Waals surface area (Å²) in [5.74, 6) is 1.21. The Hall–Kier alpha value is -1.38. The normalized spacial score (nSPS) is 10.2. The predicted molar refractivity (Wildman–Crippen MR) is 50.4 cm³/mol. The first-order valence-corrected chi connectivity index (χ1v) is 4.17. The first-order chi connectivity index (χ1) is 6.13. The highest BCUT2D eigenvalue weighted by molar-refractivity contribution is 5.44. The van der Waals surface area contributed by atoms with Gasteiger partial charge in [-0.3, -0.25) is 0 Å². The van der Waals surface area contributed by atoms with Crippen LogP contribution in [0.25, 0.3) is 0 Å². The van der Waals surface area contributed by atoms with Crippen molar-refractivity contribution in [1.29, 1.82) is 0 Å². The lowest BCUT2D eigenvalue weighted by Gasteiger charge is -2.11. The number of methoxy groups -OCH3 is 1. The third kappa shape index (κ3) is 2.54. The molecule has 1 N–H and O–H groups in total. The van der Waals surface area contributed by atoms with E-state index in [2.05, 4.69) is 0 Å². The van der Waals surface area contributed by atoms with Gasteiger partial charge in [0.2, 0.25) is 0 Å². The molecule has 0 atom stereocenters. The van der Waals surface area contributed by atoms with Gasteiger partial charge in [-0.25, -0.2) is 0 Å². The molecular weight excluding hydrogens is 168 g/mol. The standard InChI is InChI=1S/C10H14O3/c1-7(2)13-10-5-4-8(12-3)6-9(10)11/h4-7,11H,1-3H3. The topological polar surface area (TPSA) is 38.7 Å². The van der Waals surface area contributed by atoms with E-state index in [4.69, 9.17) is 9.47 Å². The van der Waals surface area contributed by atoms with Crippen molar-refractivity contribution in [1.82, 2.24) is 0 Å². The number of phenolic OH excluding ortho intramolecular Hbond substituents is 1. The lowest BCUT2D eigenvalue weighted by molar-refractivity contribution is 0.231. The maximum atomic E-state index is 9.47. The first kappa shape index (κ1) is 9.71. The molecule has 3 nitrogen and oxygen atoms in total. The fraction of sp³-hybridized carbons (Fsp3) is 0.400. The molecule has 1 aromatic carbocycles. The number of benzene rings is 1. The Balaban J connectivity index is 2.85. The second-order valence-electron chi connectivity index (χ2n) is 3.00. The Labute approximate surface area is 77.9 Å². The molecule has 0 saturated heterocycles. The van der Waals surface area contributed by atoms with Crippen molar-refractivity contribution in [3.8, 4) is 17.2 Å². The Morgan fingerprint density at radius 1 is 1.31 bits per heavy atom. The Morgan fingerprint density at radius 2 is 2.00 bits per heavy atom. The number of hydrogen-bond donors (Lipinski definition) is 1. The average Bonchev–Trinajstić information content (AvgIpc) is 2.08. The van der Waals surface area contributed by atoms with Crippen molar-refractivity contribution >= 4 is 0 Å². The molecule has 0 radical (unpaired) electrons. The second kappa shape index (κ2) is 4.03. The summed E-state index contributed by atoms with van der Waals surface area (Å²) in [5, 5.41) is 9.47. The third-order valence-corrected chi connectivity index (χ3v) is 1.53. The van der Waals surface area contributed by atoms with Crippen molar-refractivity contribution in [2.75, 3.05) is 7.11 Å². The molecule has 0 aliphatic rings. The number of rotatable bonds is 3. The van der Waals surface area contributed by atoms with Crippen molar-refractivity contribution in [2.24, 2.45) is 0 Å². The fourth-order valence-corrected chi connectivity index (χ4v) is 0.978. The van der Waals surface area contributed by atoms with E-state index in [0.717, 1.165) is 0 Å². The number of aromatic hydroxyl groups is 1. The average molecular weight is 182 g/mol. The van der Waals surface area contributed by atoms with Gasteiger partial charge in [0.1, 0.15) is 5.75 Å². The van der Waals surface area contributed by atoms with Crippen LogP contribution < -0.4 is 9.47 Å². The van der Waals surface area contributed by atoms with Crippen LogP contribution in [0, 0.1) is 0 Å². The molecule has 1 aromatic rings. The van der Waals surface area contributed by atoms with E-state index in [0.29, 0.717) is 11.5 Å². The highest BCUT2D eigenvalue weighted by Crippen LogP contribution is 2.30. The molecule has 0 fully saturated rings. The third-order valence-electron chi connectivity index (χ3n) is 1.53. The van der Waals surface area contributed by atoms with Crippen molar-refractivity contribution in [2.45, 2.75) is 20.0 Å². The van der Waals surface area contributed by atoms with Crippen LogP contribution >= 0.6 is 0 Å². The number of phenols is 1. The molecule has 0 aliphatic carbocycles. The van der Waals surface area contributed by atoms with E-state index in [1.807, 2.05) is 13.8 Å². The van der Waals surface area contributed by atoms with Gasteiger partial charge in [0.15, 0.2) is 11.5 Å². The maximum Gasteiger partial charge on any atom is 0.161 e. The molecule has 13 heavy (non-hydrogen) atoms. The highest BCUT2D eigenvalue weighted by atomic mass is 16.5. The molecule has 0 heterocycles. The molecule has 0 saturated carbocycles. The molecule has 0 aliphatic heterocycles. The molecule has 0 aromatic heterocycles. The van der Waals surface area contributed by atoms with Crippen molar-refractivity contribution in [3.63, 3.8) is 0 Å². The number of hydrogen-bond acceptors (Lipinski definition) is 3. The summed E-state index contributed by atoms with van der Waals surface area (Å²) < 4.78 is 10.3. The number of ether oxygens (including phenoxy) is 2. The molecule has 1 rings (SSSR count). The van der Waals surface area contributed by atoms with Gasteiger partial charge in [-0.15, -0.1) is 0 Å². The van der Waals surface area contributed by atoms with E-state index in [9.17, 15) is 5.11 Å². The largest absolute Gasteiger partial charge is 0.504 e. The summed E-state index contributed by atoms with van der Waals surface area (Å²) >= 11 is 0. The van der Waals surface area contributed by atoms with Crippen molar-refractivity contribution < 1.29 is 14.6 Å². The summed E-state index contributed by atoms with van der Waals surface area (Å²) in [5.41, 5.74) is 0. The van der Waals surface area contributed by atoms with Gasteiger partial charge in [-0.05, 0) is 26.0 Å². The quantitative estimate of drug-likeness (QED) is 0.778. The van der Waals surface area contributed by atoms with Crippen LogP contribution in [0.4, 0.5) is 0 Å². The van der Waals surface area contributed by atoms with E-state index in [1.54, 1.807) is 19.2 Å². The van der Waals surface area contributed by atoms with Crippen LogP contribution in [0.2, 0.25) is 0 Å². The summed E-state index contributed by atoms with van der Waals surface area (Å²) in [6.45, 7) is 3.81. The van der Waals surface area contributed by atoms with Gasteiger partial charge in [-0.2, -0.15) is 0 Å². The molecule has 0 unspecified atom stereocenters. The van der Waals surface area contributed by atoms with E-state index in [1.165, 1.54) is 6.07 Å². The van der Waals surface area contributed by atoms with Gasteiger partial charge in [0, 0.05) is 6.07 Å². The zero-order valence-corrected chi connectivity index (χ0v) is 8.07. The summed E-state index contributed by atoms with van der Waals surface area (Å²) in [4.78, 5) is 0. The zero-order valence-electron chi connectivity index (χ0n) is 8.07. The van der Waals surface area contributed by atoms with Gasteiger partial charge in [0.25, 0.3) is 0 Å². The van der Waals surface area contributed by atoms with Crippen LogP contribution in [0.5, 0.6) is 17.2 Å². The smallest absolute Gasteiger partial charge is 0.161 e. The highest BCUT2D eigenvalue weighted by Gasteiger charge is 2.05. The van der Waals surface area contributed by atoms with E-state index >= 15 is 0 Å².